The molecule has 0 amide bonds. The van der Waals surface area contributed by atoms with E-state index >= 15 is 0 Å². The minimum Gasteiger partial charge on any atom is -0.490 e. The van der Waals surface area contributed by atoms with E-state index in [4.69, 9.17) is 4.74 Å². The molecule has 0 atom stereocenters. The second-order valence-electron chi connectivity index (χ2n) is 4.94. The standard InChI is InChI=1S/C19H17N3OS/c1-2-12-23-17-10-8-15(9-11-17)13-20-22-19-21-18(14-24-19)16-6-4-3-5-7-16/h2-11,13-14H,1,12H2,(H,21,22). The maximum atomic E-state index is 5.44. The number of aromatic nitrogens is 1. The van der Waals surface area contributed by atoms with Gasteiger partial charge in [-0.1, -0.05) is 43.0 Å². The average molecular weight is 335 g/mol. The van der Waals surface area contributed by atoms with Crippen LogP contribution in [0.3, 0.4) is 0 Å². The van der Waals surface area contributed by atoms with Crippen molar-refractivity contribution >= 4 is 22.7 Å². The molecule has 5 heteroatoms. The van der Waals surface area contributed by atoms with Gasteiger partial charge >= 0.3 is 0 Å². The van der Waals surface area contributed by atoms with Gasteiger partial charge in [0.05, 0.1) is 11.9 Å². The first-order valence-electron chi connectivity index (χ1n) is 7.49. The summed E-state index contributed by atoms with van der Waals surface area (Å²) in [5.41, 5.74) is 5.99. The number of hydrazone groups is 1. The Morgan fingerprint density at radius 2 is 1.92 bits per heavy atom. The third kappa shape index (κ3) is 4.30. The second-order valence-corrected chi connectivity index (χ2v) is 5.80. The molecule has 4 nitrogen and oxygen atoms in total. The molecule has 0 radical (unpaired) electrons. The Morgan fingerprint density at radius 1 is 1.12 bits per heavy atom. The zero-order chi connectivity index (χ0) is 16.6. The lowest BCUT2D eigenvalue weighted by Gasteiger charge is -2.02. The second kappa shape index (κ2) is 8.08. The molecule has 1 heterocycles. The monoisotopic (exact) mass is 335 g/mol. The Hall–Kier alpha value is -2.92. The van der Waals surface area contributed by atoms with Crippen LogP contribution in [0.25, 0.3) is 11.3 Å². The van der Waals surface area contributed by atoms with Crippen molar-refractivity contribution in [1.82, 2.24) is 4.98 Å². The van der Waals surface area contributed by atoms with E-state index in [9.17, 15) is 0 Å². The summed E-state index contributed by atoms with van der Waals surface area (Å²) >= 11 is 1.53. The smallest absolute Gasteiger partial charge is 0.203 e. The Morgan fingerprint density at radius 3 is 2.67 bits per heavy atom. The van der Waals surface area contributed by atoms with E-state index in [0.717, 1.165) is 27.7 Å². The third-order valence-electron chi connectivity index (χ3n) is 3.20. The van der Waals surface area contributed by atoms with Gasteiger partial charge in [-0.25, -0.2) is 4.98 Å². The van der Waals surface area contributed by atoms with E-state index in [0.29, 0.717) is 6.61 Å². The molecule has 0 fully saturated rings. The first-order valence-corrected chi connectivity index (χ1v) is 8.37. The molecule has 3 aromatic rings. The predicted molar refractivity (Wildman–Crippen MR) is 101 cm³/mol. The van der Waals surface area contributed by atoms with Gasteiger partial charge < -0.3 is 4.74 Å². The van der Waals surface area contributed by atoms with Crippen molar-refractivity contribution in [2.75, 3.05) is 12.0 Å². The van der Waals surface area contributed by atoms with Gasteiger partial charge in [-0.15, -0.1) is 11.3 Å². The van der Waals surface area contributed by atoms with Gasteiger partial charge in [-0.05, 0) is 29.8 Å². The SMILES string of the molecule is C=CCOc1ccc(C=NNc2nc(-c3ccccc3)cs2)cc1. The lowest BCUT2D eigenvalue weighted by atomic mass is 10.2. The summed E-state index contributed by atoms with van der Waals surface area (Å²) in [5.74, 6) is 0.812. The van der Waals surface area contributed by atoms with Crippen LogP contribution in [0.2, 0.25) is 0 Å². The molecule has 1 N–H and O–H groups in total. The molecule has 3 rings (SSSR count). The lowest BCUT2D eigenvalue weighted by Crippen LogP contribution is -1.93. The van der Waals surface area contributed by atoms with Gasteiger partial charge in [0.25, 0.3) is 0 Å². The Labute approximate surface area is 145 Å². The number of rotatable bonds is 7. The van der Waals surface area contributed by atoms with Crippen molar-refractivity contribution in [2.24, 2.45) is 5.10 Å². The number of thiazole rings is 1. The number of hydrogen-bond donors (Lipinski definition) is 1. The maximum Gasteiger partial charge on any atom is 0.203 e. The van der Waals surface area contributed by atoms with Crippen molar-refractivity contribution in [3.63, 3.8) is 0 Å². The molecule has 24 heavy (non-hydrogen) atoms. The first-order chi connectivity index (χ1) is 11.8. The van der Waals surface area contributed by atoms with Crippen molar-refractivity contribution in [3.8, 4) is 17.0 Å². The molecule has 0 aliphatic heterocycles. The van der Waals surface area contributed by atoms with Crippen LogP contribution < -0.4 is 10.2 Å². The molecule has 120 valence electrons. The van der Waals surface area contributed by atoms with E-state index in [1.54, 1.807) is 12.3 Å². The zero-order valence-corrected chi connectivity index (χ0v) is 13.9. The molecule has 0 aliphatic rings. The maximum absolute atomic E-state index is 5.44. The largest absolute Gasteiger partial charge is 0.490 e. The Balaban J connectivity index is 1.58. The molecule has 0 aliphatic carbocycles. The van der Waals surface area contributed by atoms with Crippen LogP contribution in [0, 0.1) is 0 Å². The highest BCUT2D eigenvalue weighted by Gasteiger charge is 2.02. The van der Waals surface area contributed by atoms with Crippen molar-refractivity contribution in [1.29, 1.82) is 0 Å². The average Bonchev–Trinajstić information content (AvgIpc) is 3.11. The Kier molecular flexibility index (Phi) is 5.37. The van der Waals surface area contributed by atoms with Gasteiger partial charge in [0.15, 0.2) is 0 Å². The molecule has 0 spiro atoms. The predicted octanol–water partition coefficient (Wildman–Crippen LogP) is 4.82. The molecule has 0 unspecified atom stereocenters. The number of benzene rings is 2. The topological polar surface area (TPSA) is 46.5 Å². The zero-order valence-electron chi connectivity index (χ0n) is 13.1. The number of hydrogen-bond acceptors (Lipinski definition) is 5. The number of nitrogens with zero attached hydrogens (tertiary/aromatic N) is 2. The number of anilines is 1. The number of ether oxygens (including phenoxy) is 1. The molecule has 2 aromatic carbocycles. The lowest BCUT2D eigenvalue weighted by molar-refractivity contribution is 0.363. The van der Waals surface area contributed by atoms with Gasteiger partial charge in [0, 0.05) is 10.9 Å². The van der Waals surface area contributed by atoms with Crippen molar-refractivity contribution in [2.45, 2.75) is 0 Å². The van der Waals surface area contributed by atoms with Gasteiger partial charge in [-0.2, -0.15) is 5.10 Å². The van der Waals surface area contributed by atoms with E-state index in [1.165, 1.54) is 11.3 Å². The van der Waals surface area contributed by atoms with Gasteiger partial charge in [0.1, 0.15) is 12.4 Å². The molecule has 1 aromatic heterocycles. The fourth-order valence-corrected chi connectivity index (χ4v) is 2.70. The van der Waals surface area contributed by atoms with Gasteiger partial charge in [-0.3, -0.25) is 5.43 Å². The molecule has 0 bridgehead atoms. The fraction of sp³-hybridized carbons (Fsp3) is 0.0526. The molecule has 0 saturated heterocycles. The van der Waals surface area contributed by atoms with Gasteiger partial charge in [0.2, 0.25) is 5.13 Å². The highest BCUT2D eigenvalue weighted by atomic mass is 32.1. The highest BCUT2D eigenvalue weighted by molar-refractivity contribution is 7.14. The summed E-state index contributed by atoms with van der Waals surface area (Å²) < 4.78 is 5.44. The van der Waals surface area contributed by atoms with Crippen molar-refractivity contribution < 1.29 is 4.74 Å². The minimum absolute atomic E-state index is 0.503. The van der Waals surface area contributed by atoms with Crippen molar-refractivity contribution in [3.05, 3.63) is 78.2 Å². The summed E-state index contributed by atoms with van der Waals surface area (Å²) in [6.07, 6.45) is 3.47. The van der Waals surface area contributed by atoms with Crippen LogP contribution in [0.15, 0.2) is 77.7 Å². The third-order valence-corrected chi connectivity index (χ3v) is 3.94. The summed E-state index contributed by atoms with van der Waals surface area (Å²) in [6, 6.07) is 17.8. The molecular weight excluding hydrogens is 318 g/mol. The van der Waals surface area contributed by atoms with E-state index in [-0.39, 0.29) is 0 Å². The van der Waals surface area contributed by atoms with E-state index in [2.05, 4.69) is 22.1 Å². The summed E-state index contributed by atoms with van der Waals surface area (Å²) in [6.45, 7) is 4.13. The summed E-state index contributed by atoms with van der Waals surface area (Å²) in [4.78, 5) is 4.52. The van der Waals surface area contributed by atoms with E-state index < -0.39 is 0 Å². The highest BCUT2D eigenvalue weighted by Crippen LogP contribution is 2.24. The fourth-order valence-electron chi connectivity index (χ4n) is 2.03. The quantitative estimate of drug-likeness (QED) is 0.382. The van der Waals surface area contributed by atoms with Crippen LogP contribution in [0.1, 0.15) is 5.56 Å². The molecule has 0 saturated carbocycles. The summed E-state index contributed by atoms with van der Waals surface area (Å²) in [5, 5.41) is 7.00. The Bertz CT molecular complexity index is 810. The van der Waals surface area contributed by atoms with Crippen LogP contribution in [0.5, 0.6) is 5.75 Å². The first kappa shape index (κ1) is 16.0. The minimum atomic E-state index is 0.503. The van der Waals surface area contributed by atoms with E-state index in [1.807, 2.05) is 60.0 Å². The van der Waals surface area contributed by atoms with Crippen LogP contribution in [-0.4, -0.2) is 17.8 Å². The van der Waals surface area contributed by atoms with Crippen LogP contribution >= 0.6 is 11.3 Å². The summed E-state index contributed by atoms with van der Waals surface area (Å²) in [7, 11) is 0. The normalized spacial score (nSPS) is 10.7. The molecular formula is C19H17N3OS. The van der Waals surface area contributed by atoms with Crippen LogP contribution in [-0.2, 0) is 0 Å². The number of nitrogens with one attached hydrogen (secondary N) is 1. The van der Waals surface area contributed by atoms with Crippen LogP contribution in [0.4, 0.5) is 5.13 Å².